The number of amides is 1. The van der Waals surface area contributed by atoms with Gasteiger partial charge in [-0.15, -0.1) is 18.3 Å². The minimum absolute atomic E-state index is 0.0604. The van der Waals surface area contributed by atoms with Crippen LogP contribution in [-0.4, -0.2) is 97.6 Å². The van der Waals surface area contributed by atoms with Crippen LogP contribution in [0.4, 0.5) is 11.8 Å². The topological polar surface area (TPSA) is 157 Å². The van der Waals surface area contributed by atoms with Crippen LogP contribution in [0.1, 0.15) is 79.1 Å². The lowest BCUT2D eigenvalue weighted by atomic mass is 9.44. The van der Waals surface area contributed by atoms with Gasteiger partial charge < -0.3 is 29.9 Å². The van der Waals surface area contributed by atoms with Gasteiger partial charge in [-0.05, 0) is 55.8 Å². The highest BCUT2D eigenvalue weighted by atomic mass is 32.2. The molecular formula is C37H55N7O5S. The van der Waals surface area contributed by atoms with Crippen LogP contribution in [0.2, 0.25) is 0 Å². The van der Waals surface area contributed by atoms with E-state index in [0.29, 0.717) is 55.9 Å². The van der Waals surface area contributed by atoms with Gasteiger partial charge in [0.05, 0.1) is 18.2 Å². The van der Waals surface area contributed by atoms with E-state index in [2.05, 4.69) is 42.3 Å². The molecule has 3 aliphatic carbocycles. The molecule has 2 aromatic rings. The van der Waals surface area contributed by atoms with Crippen molar-refractivity contribution in [3.05, 3.63) is 19.0 Å². The van der Waals surface area contributed by atoms with Crippen molar-refractivity contribution < 1.29 is 24.2 Å². The number of nitrogen functional groups attached to an aromatic ring is 1. The Labute approximate surface area is 300 Å². The van der Waals surface area contributed by atoms with Gasteiger partial charge in [-0.3, -0.25) is 14.4 Å². The van der Waals surface area contributed by atoms with Gasteiger partial charge in [-0.2, -0.15) is 9.97 Å². The Kier molecular flexibility index (Phi) is 10.1. The molecule has 274 valence electrons. The predicted molar refractivity (Wildman–Crippen MR) is 195 cm³/mol. The van der Waals surface area contributed by atoms with Crippen LogP contribution in [0.25, 0.3) is 11.2 Å². The Hall–Kier alpha value is -3.19. The molecule has 1 saturated heterocycles. The molecule has 8 atom stereocenters. The lowest BCUT2D eigenvalue weighted by Gasteiger charge is -2.61. The summed E-state index contributed by atoms with van der Waals surface area (Å²) in [7, 11) is 3.74. The molecule has 3 saturated carbocycles. The first-order valence-electron chi connectivity index (χ1n) is 18.2. The summed E-state index contributed by atoms with van der Waals surface area (Å²) in [6.45, 7) is 14.3. The van der Waals surface area contributed by atoms with Crippen LogP contribution in [0.15, 0.2) is 19.0 Å². The van der Waals surface area contributed by atoms with Crippen LogP contribution in [0.5, 0.6) is 0 Å². The number of Topliss-reactive ketones (excluding diaryl/α,β-unsaturated/α-hetero) is 1. The van der Waals surface area contributed by atoms with E-state index in [1.165, 1.54) is 0 Å². The van der Waals surface area contributed by atoms with E-state index >= 15 is 0 Å². The molecule has 1 amide bonds. The van der Waals surface area contributed by atoms with Crippen LogP contribution in [0.3, 0.4) is 0 Å². The van der Waals surface area contributed by atoms with Crippen molar-refractivity contribution in [2.45, 2.75) is 103 Å². The molecule has 0 aromatic carbocycles. The number of aliphatic hydroxyl groups is 1. The summed E-state index contributed by atoms with van der Waals surface area (Å²) in [5, 5.41) is 12.0. The maximum Gasteiger partial charge on any atom is 0.316 e. The second kappa shape index (κ2) is 13.7. The number of aromatic nitrogens is 4. The van der Waals surface area contributed by atoms with Crippen molar-refractivity contribution in [3.8, 4) is 0 Å². The van der Waals surface area contributed by atoms with Gasteiger partial charge in [-0.25, -0.2) is 4.98 Å². The number of anilines is 2. The number of fused-ring (bicyclic) bond motifs is 1. The SMILES string of the molecule is C=C[C@]1(C)C[C@@H](OC(=O)CSC2CCN(C(=O)CCn3cnc4c(N(C)C)nc(N)nc43)CC2)[C@]2(C)[C@H](C)CC[C@]3(CCC(=O)[C@@H]32)[C@@H](C)[C@@H]1O. The maximum atomic E-state index is 13.7. The van der Waals surface area contributed by atoms with E-state index in [1.807, 2.05) is 41.5 Å². The number of carbonyl (C=O) groups is 3. The molecule has 12 nitrogen and oxygen atoms in total. The molecule has 2 aromatic heterocycles. The highest BCUT2D eigenvalue weighted by Gasteiger charge is 2.68. The Morgan fingerprint density at radius 3 is 2.58 bits per heavy atom. The molecular weight excluding hydrogens is 655 g/mol. The minimum Gasteiger partial charge on any atom is -0.461 e. The summed E-state index contributed by atoms with van der Waals surface area (Å²) >= 11 is 1.59. The molecule has 13 heteroatoms. The van der Waals surface area contributed by atoms with E-state index in [4.69, 9.17) is 10.5 Å². The molecule has 0 unspecified atom stereocenters. The number of thioether (sulfide) groups is 1. The van der Waals surface area contributed by atoms with Gasteiger partial charge in [0.2, 0.25) is 11.9 Å². The van der Waals surface area contributed by atoms with Crippen molar-refractivity contribution in [1.82, 2.24) is 24.4 Å². The third-order valence-corrected chi connectivity index (χ3v) is 14.6. The number of nitrogens with zero attached hydrogens (tertiary/aromatic N) is 6. The second-order valence-electron chi connectivity index (χ2n) is 16.1. The maximum absolute atomic E-state index is 13.7. The van der Waals surface area contributed by atoms with Gasteiger partial charge in [0.15, 0.2) is 17.0 Å². The fourth-order valence-electron chi connectivity index (χ4n) is 9.95. The number of ether oxygens (including phenoxy) is 1. The third kappa shape index (κ3) is 6.20. The summed E-state index contributed by atoms with van der Waals surface area (Å²) in [5.74, 6) is 0.955. The van der Waals surface area contributed by atoms with E-state index < -0.39 is 23.0 Å². The molecule has 2 bridgehead atoms. The van der Waals surface area contributed by atoms with Crippen LogP contribution < -0.4 is 10.6 Å². The number of rotatable bonds is 9. The Morgan fingerprint density at radius 1 is 1.18 bits per heavy atom. The second-order valence-corrected chi connectivity index (χ2v) is 17.4. The van der Waals surface area contributed by atoms with Crippen molar-refractivity contribution in [2.75, 3.05) is 43.6 Å². The molecule has 0 radical (unpaired) electrons. The highest BCUT2D eigenvalue weighted by Crippen LogP contribution is 2.68. The van der Waals surface area contributed by atoms with Gasteiger partial charge in [0.1, 0.15) is 11.9 Å². The summed E-state index contributed by atoms with van der Waals surface area (Å²) in [6.07, 6.45) is 7.82. The van der Waals surface area contributed by atoms with Gasteiger partial charge in [0.25, 0.3) is 0 Å². The van der Waals surface area contributed by atoms with Crippen LogP contribution in [0, 0.1) is 34.0 Å². The summed E-state index contributed by atoms with van der Waals surface area (Å²) in [5.41, 5.74) is 5.72. The average Bonchev–Trinajstić information content (AvgIpc) is 3.67. The van der Waals surface area contributed by atoms with Crippen LogP contribution >= 0.6 is 11.8 Å². The lowest BCUT2D eigenvalue weighted by molar-refractivity contribution is -0.205. The Bertz CT molecular complexity index is 1640. The Morgan fingerprint density at radius 2 is 1.90 bits per heavy atom. The minimum atomic E-state index is -0.683. The number of hydrogen-bond donors (Lipinski definition) is 2. The quantitative estimate of drug-likeness (QED) is 0.279. The molecule has 1 aliphatic heterocycles. The average molecular weight is 710 g/mol. The van der Waals surface area contributed by atoms with E-state index in [0.717, 1.165) is 32.1 Å². The number of ketones is 1. The van der Waals surface area contributed by atoms with E-state index in [-0.39, 0.29) is 57.8 Å². The standard InChI is InChI=1S/C37H55N7O5S/c1-8-35(4)19-26(36(5)22(2)9-14-37(23(3)31(35)48)15-10-25(45)30(36)37)49-28(47)20-50-24-11-16-43(17-12-24)27(46)13-18-44-21-39-29-32(42(6)7)40-34(38)41-33(29)44/h8,21-24,26,30-31,48H,1,9-20H2,2-7H3,(H2,38,40,41)/t22-,23+,26-,30-,31+,35-,36+,37+/m1/s1. The summed E-state index contributed by atoms with van der Waals surface area (Å²) < 4.78 is 8.28. The first-order chi connectivity index (χ1) is 23.6. The van der Waals surface area contributed by atoms with Crippen molar-refractivity contribution in [3.63, 3.8) is 0 Å². The first kappa shape index (κ1) is 36.6. The monoisotopic (exact) mass is 709 g/mol. The smallest absolute Gasteiger partial charge is 0.316 e. The number of nitrogens with two attached hydrogens (primary N) is 1. The van der Waals surface area contributed by atoms with Gasteiger partial charge in [0, 0.05) is 68.6 Å². The fourth-order valence-corrected chi connectivity index (χ4v) is 10.9. The number of aliphatic hydroxyl groups excluding tert-OH is 1. The van der Waals surface area contributed by atoms with E-state index in [9.17, 15) is 19.5 Å². The number of aryl methyl sites for hydroxylation is 1. The van der Waals surface area contributed by atoms with Crippen molar-refractivity contribution in [2.24, 2.45) is 34.0 Å². The first-order valence-corrected chi connectivity index (χ1v) is 19.3. The number of piperidine rings is 1. The van der Waals surface area contributed by atoms with E-state index in [1.54, 1.807) is 18.1 Å². The highest BCUT2D eigenvalue weighted by molar-refractivity contribution is 8.00. The third-order valence-electron chi connectivity index (χ3n) is 13.3. The number of carbonyl (C=O) groups excluding carboxylic acids is 3. The molecule has 6 rings (SSSR count). The zero-order valence-electron chi connectivity index (χ0n) is 30.6. The lowest BCUT2D eigenvalue weighted by Crippen LogP contribution is -2.63. The molecule has 50 heavy (non-hydrogen) atoms. The number of esters is 1. The van der Waals surface area contributed by atoms with Crippen molar-refractivity contribution >= 4 is 52.4 Å². The molecule has 0 spiro atoms. The van der Waals surface area contributed by atoms with Crippen molar-refractivity contribution in [1.29, 1.82) is 0 Å². The summed E-state index contributed by atoms with van der Waals surface area (Å²) in [4.78, 5) is 57.3. The zero-order valence-corrected chi connectivity index (χ0v) is 31.4. The molecule has 4 fully saturated rings. The van der Waals surface area contributed by atoms with Crippen LogP contribution in [-0.2, 0) is 25.7 Å². The largest absolute Gasteiger partial charge is 0.461 e. The summed E-state index contributed by atoms with van der Waals surface area (Å²) in [6, 6.07) is 0. The van der Waals surface area contributed by atoms with Gasteiger partial charge in [-0.1, -0.05) is 33.8 Å². The number of hydrogen-bond acceptors (Lipinski definition) is 11. The number of imidazole rings is 1. The normalized spacial score (nSPS) is 34.6. The zero-order chi connectivity index (χ0) is 36.2. The molecule has 3 N–H and O–H groups in total. The van der Waals surface area contributed by atoms with Gasteiger partial charge >= 0.3 is 5.97 Å². The fraction of sp³-hybridized carbons (Fsp3) is 0.730. The Balaban J connectivity index is 1.05. The number of likely N-dealkylation sites (tertiary alicyclic amines) is 1. The molecule has 4 aliphatic rings. The molecule has 3 heterocycles. The predicted octanol–water partition coefficient (Wildman–Crippen LogP) is 4.50.